The van der Waals surface area contributed by atoms with E-state index >= 15 is 0 Å². The van der Waals surface area contributed by atoms with Crippen molar-refractivity contribution in [2.75, 3.05) is 20.1 Å². The Labute approximate surface area is 73.7 Å². The summed E-state index contributed by atoms with van der Waals surface area (Å²) >= 11 is 4.81. The molecule has 0 radical (unpaired) electrons. The Hall–Kier alpha value is -0.150. The van der Waals surface area contributed by atoms with Crippen molar-refractivity contribution in [3.63, 3.8) is 0 Å². The van der Waals surface area contributed by atoms with E-state index in [2.05, 4.69) is 18.9 Å². The van der Waals surface area contributed by atoms with Crippen LogP contribution in [0.25, 0.3) is 0 Å². The zero-order chi connectivity index (χ0) is 8.43. The molecule has 1 rings (SSSR count). The fourth-order valence-corrected chi connectivity index (χ4v) is 1.60. The summed E-state index contributed by atoms with van der Waals surface area (Å²) in [5, 5.41) is 0. The first-order valence-corrected chi connectivity index (χ1v) is 4.47. The first-order chi connectivity index (χ1) is 5.09. The molecule has 0 amide bonds. The molecule has 1 fully saturated rings. The molecule has 2 atom stereocenters. The first-order valence-electron chi connectivity index (χ1n) is 4.06. The Morgan fingerprint density at radius 2 is 2.27 bits per heavy atom. The number of hydrogen-bond donors (Lipinski definition) is 1. The van der Waals surface area contributed by atoms with E-state index in [1.165, 1.54) is 6.42 Å². The van der Waals surface area contributed by atoms with Gasteiger partial charge in [-0.05, 0) is 25.3 Å². The highest BCUT2D eigenvalue weighted by atomic mass is 32.1. The van der Waals surface area contributed by atoms with Crippen LogP contribution in [-0.2, 0) is 0 Å². The Morgan fingerprint density at radius 3 is 2.64 bits per heavy atom. The average Bonchev–Trinajstić information content (AvgIpc) is 2.43. The lowest BCUT2D eigenvalue weighted by molar-refractivity contribution is 0.357. The molecule has 0 bridgehead atoms. The number of thiocarbonyl (C=S) groups is 1. The van der Waals surface area contributed by atoms with Gasteiger partial charge in [-0.25, -0.2) is 0 Å². The molecule has 64 valence electrons. The van der Waals surface area contributed by atoms with Gasteiger partial charge in [0.2, 0.25) is 0 Å². The van der Waals surface area contributed by atoms with Crippen molar-refractivity contribution >= 4 is 17.2 Å². The Bertz CT molecular complexity index is 158. The average molecular weight is 172 g/mol. The lowest BCUT2D eigenvalue weighted by Crippen LogP contribution is -2.31. The summed E-state index contributed by atoms with van der Waals surface area (Å²) in [5.74, 6) is 1.82. The second-order valence-corrected chi connectivity index (χ2v) is 4.16. The van der Waals surface area contributed by atoms with Gasteiger partial charge in [0.05, 0.1) is 4.99 Å². The lowest BCUT2D eigenvalue weighted by atomic mass is 10.3. The molecular formula is C8H16N2S. The van der Waals surface area contributed by atoms with E-state index in [9.17, 15) is 0 Å². The maximum absolute atomic E-state index is 5.41. The van der Waals surface area contributed by atoms with Crippen molar-refractivity contribution < 1.29 is 0 Å². The molecule has 0 spiro atoms. The summed E-state index contributed by atoms with van der Waals surface area (Å²) in [5.41, 5.74) is 5.41. The zero-order valence-electron chi connectivity index (χ0n) is 7.21. The second-order valence-electron chi connectivity index (χ2n) is 3.64. The standard InChI is InChI=1S/C8H16N2S/c1-6-3-7(6)4-10(2)5-8(9)11/h6-7H,3-5H2,1-2H3,(H2,9,11). The van der Waals surface area contributed by atoms with Crippen molar-refractivity contribution in [1.82, 2.24) is 4.90 Å². The minimum atomic E-state index is 0.598. The van der Waals surface area contributed by atoms with E-state index in [1.807, 2.05) is 0 Å². The minimum absolute atomic E-state index is 0.598. The lowest BCUT2D eigenvalue weighted by Gasteiger charge is -2.14. The first kappa shape index (κ1) is 8.94. The quantitative estimate of drug-likeness (QED) is 0.638. The van der Waals surface area contributed by atoms with Gasteiger partial charge in [0, 0.05) is 13.1 Å². The van der Waals surface area contributed by atoms with Crippen molar-refractivity contribution in [3.8, 4) is 0 Å². The van der Waals surface area contributed by atoms with Crippen LogP contribution in [-0.4, -0.2) is 30.0 Å². The van der Waals surface area contributed by atoms with Gasteiger partial charge in [0.25, 0.3) is 0 Å². The Balaban J connectivity index is 2.11. The van der Waals surface area contributed by atoms with E-state index < -0.39 is 0 Å². The topological polar surface area (TPSA) is 29.3 Å². The van der Waals surface area contributed by atoms with E-state index in [0.717, 1.165) is 24.9 Å². The molecule has 0 saturated heterocycles. The molecule has 0 heterocycles. The van der Waals surface area contributed by atoms with Gasteiger partial charge in [-0.1, -0.05) is 19.1 Å². The van der Waals surface area contributed by atoms with Gasteiger partial charge in [0.1, 0.15) is 0 Å². The smallest absolute Gasteiger partial charge is 0.0869 e. The van der Waals surface area contributed by atoms with Crippen molar-refractivity contribution in [3.05, 3.63) is 0 Å². The summed E-state index contributed by atoms with van der Waals surface area (Å²) in [7, 11) is 2.07. The molecule has 0 aromatic carbocycles. The molecule has 0 aromatic rings. The molecule has 1 aliphatic rings. The van der Waals surface area contributed by atoms with Crippen LogP contribution >= 0.6 is 12.2 Å². The molecular weight excluding hydrogens is 156 g/mol. The highest BCUT2D eigenvalue weighted by Crippen LogP contribution is 2.37. The second kappa shape index (κ2) is 3.50. The van der Waals surface area contributed by atoms with E-state index in [0.29, 0.717) is 4.99 Å². The highest BCUT2D eigenvalue weighted by Gasteiger charge is 2.32. The molecule has 2 unspecified atom stereocenters. The predicted octanol–water partition coefficient (Wildman–Crippen LogP) is 0.860. The summed E-state index contributed by atoms with van der Waals surface area (Å²) in [4.78, 5) is 2.80. The molecule has 1 saturated carbocycles. The summed E-state index contributed by atoms with van der Waals surface area (Å²) in [6, 6.07) is 0. The van der Waals surface area contributed by atoms with Gasteiger partial charge < -0.3 is 5.73 Å². The van der Waals surface area contributed by atoms with Gasteiger partial charge in [-0.2, -0.15) is 0 Å². The van der Waals surface area contributed by atoms with Crippen LogP contribution in [0.2, 0.25) is 0 Å². The summed E-state index contributed by atoms with van der Waals surface area (Å²) < 4.78 is 0. The maximum Gasteiger partial charge on any atom is 0.0869 e. The molecule has 3 heteroatoms. The van der Waals surface area contributed by atoms with Gasteiger partial charge in [-0.3, -0.25) is 4.90 Å². The van der Waals surface area contributed by atoms with E-state index in [4.69, 9.17) is 18.0 Å². The van der Waals surface area contributed by atoms with Crippen molar-refractivity contribution in [2.45, 2.75) is 13.3 Å². The van der Waals surface area contributed by atoms with Gasteiger partial charge in [-0.15, -0.1) is 0 Å². The third kappa shape index (κ3) is 3.16. The van der Waals surface area contributed by atoms with Crippen LogP contribution in [0.15, 0.2) is 0 Å². The van der Waals surface area contributed by atoms with Crippen LogP contribution in [0.4, 0.5) is 0 Å². The van der Waals surface area contributed by atoms with Gasteiger partial charge >= 0.3 is 0 Å². The Morgan fingerprint density at radius 1 is 1.73 bits per heavy atom. The highest BCUT2D eigenvalue weighted by molar-refractivity contribution is 7.80. The third-order valence-corrected chi connectivity index (χ3v) is 2.38. The van der Waals surface area contributed by atoms with Gasteiger partial charge in [0.15, 0.2) is 0 Å². The SMILES string of the molecule is CC1CC1CN(C)CC(N)=S. The summed E-state index contributed by atoms with van der Waals surface area (Å²) in [6.07, 6.45) is 1.38. The Kier molecular flexibility index (Phi) is 2.84. The van der Waals surface area contributed by atoms with Crippen molar-refractivity contribution in [1.29, 1.82) is 0 Å². The molecule has 11 heavy (non-hydrogen) atoms. The molecule has 1 aliphatic carbocycles. The predicted molar refractivity (Wildman–Crippen MR) is 51.6 cm³/mol. The zero-order valence-corrected chi connectivity index (χ0v) is 8.03. The number of likely N-dealkylation sites (N-methyl/N-ethyl adjacent to an activating group) is 1. The van der Waals surface area contributed by atoms with Crippen molar-refractivity contribution in [2.24, 2.45) is 17.6 Å². The van der Waals surface area contributed by atoms with E-state index in [-0.39, 0.29) is 0 Å². The summed E-state index contributed by atoms with van der Waals surface area (Å²) in [6.45, 7) is 4.20. The van der Waals surface area contributed by atoms with Crippen LogP contribution in [0.1, 0.15) is 13.3 Å². The monoisotopic (exact) mass is 172 g/mol. The van der Waals surface area contributed by atoms with E-state index in [1.54, 1.807) is 0 Å². The number of hydrogen-bond acceptors (Lipinski definition) is 2. The minimum Gasteiger partial charge on any atom is -0.392 e. The molecule has 2 nitrogen and oxygen atoms in total. The van der Waals surface area contributed by atoms with Crippen LogP contribution in [0, 0.1) is 11.8 Å². The van der Waals surface area contributed by atoms with Crippen LogP contribution < -0.4 is 5.73 Å². The molecule has 2 N–H and O–H groups in total. The normalized spacial score (nSPS) is 29.0. The fraction of sp³-hybridized carbons (Fsp3) is 0.875. The molecule has 0 aliphatic heterocycles. The fourth-order valence-electron chi connectivity index (χ4n) is 1.38. The van der Waals surface area contributed by atoms with Crippen LogP contribution in [0.3, 0.4) is 0 Å². The number of rotatable bonds is 4. The van der Waals surface area contributed by atoms with Crippen LogP contribution in [0.5, 0.6) is 0 Å². The third-order valence-electron chi connectivity index (χ3n) is 2.25. The number of nitrogens with zero attached hydrogens (tertiary/aromatic N) is 1. The number of nitrogens with two attached hydrogens (primary N) is 1. The largest absolute Gasteiger partial charge is 0.392 e. The molecule has 0 aromatic heterocycles. The maximum atomic E-state index is 5.41.